The summed E-state index contributed by atoms with van der Waals surface area (Å²) < 4.78 is 27.7. The van der Waals surface area contributed by atoms with Gasteiger partial charge in [0.1, 0.15) is 6.29 Å². The third-order valence-electron chi connectivity index (χ3n) is 4.54. The first kappa shape index (κ1) is 18.5. The van der Waals surface area contributed by atoms with E-state index in [1.165, 1.54) is 9.88 Å². The van der Waals surface area contributed by atoms with Gasteiger partial charge in [0, 0.05) is 6.54 Å². The Labute approximate surface area is 155 Å². The third-order valence-corrected chi connectivity index (χ3v) is 6.45. The summed E-state index contributed by atoms with van der Waals surface area (Å²) in [6.07, 6.45) is 5.07. The number of aldehydes is 1. The maximum Gasteiger partial charge on any atom is 0.244 e. The summed E-state index contributed by atoms with van der Waals surface area (Å²) in [5.41, 5.74) is 3.18. The quantitative estimate of drug-likeness (QED) is 0.528. The van der Waals surface area contributed by atoms with Crippen LogP contribution in [0.2, 0.25) is 0 Å². The fourth-order valence-electron chi connectivity index (χ4n) is 2.83. The number of sulfonamides is 1. The predicted molar refractivity (Wildman–Crippen MR) is 102 cm³/mol. The number of rotatable bonds is 8. The molecule has 136 valence electrons. The molecular weight excluding hydrogens is 346 g/mol. The van der Waals surface area contributed by atoms with Gasteiger partial charge < -0.3 is 4.79 Å². The Morgan fingerprint density at radius 3 is 2.27 bits per heavy atom. The van der Waals surface area contributed by atoms with Crippen LogP contribution >= 0.6 is 0 Å². The summed E-state index contributed by atoms with van der Waals surface area (Å²) in [5.74, 6) is 0. The Morgan fingerprint density at radius 1 is 1.04 bits per heavy atom. The van der Waals surface area contributed by atoms with E-state index in [9.17, 15) is 13.2 Å². The summed E-state index contributed by atoms with van der Waals surface area (Å²) in [6, 6.07) is 15.5. The van der Waals surface area contributed by atoms with Crippen molar-refractivity contribution in [3.05, 3.63) is 77.4 Å². The van der Waals surface area contributed by atoms with Crippen LogP contribution in [0.1, 0.15) is 24.0 Å². The number of nitrogens with zero attached hydrogens (tertiary/aromatic N) is 1. The lowest BCUT2D eigenvalue weighted by Gasteiger charge is -2.26. The molecule has 2 aromatic carbocycles. The third kappa shape index (κ3) is 4.48. The Bertz CT molecular complexity index is 881. The smallest absolute Gasteiger partial charge is 0.244 e. The first-order valence-electron chi connectivity index (χ1n) is 8.76. The lowest BCUT2D eigenvalue weighted by atomic mass is 10.1. The second-order valence-corrected chi connectivity index (χ2v) is 8.53. The molecule has 1 saturated carbocycles. The number of benzene rings is 2. The van der Waals surface area contributed by atoms with Crippen molar-refractivity contribution < 1.29 is 13.2 Å². The largest absolute Gasteiger partial charge is 0.302 e. The second kappa shape index (κ2) is 7.98. The summed E-state index contributed by atoms with van der Waals surface area (Å²) in [6.45, 7) is 2.14. The molecule has 1 atom stereocenters. The predicted octanol–water partition coefficient (Wildman–Crippen LogP) is 3.52. The van der Waals surface area contributed by atoms with Crippen LogP contribution in [-0.2, 0) is 21.2 Å². The highest BCUT2D eigenvalue weighted by atomic mass is 32.2. The molecule has 0 spiro atoms. The van der Waals surface area contributed by atoms with Gasteiger partial charge in [-0.3, -0.25) is 0 Å². The highest BCUT2D eigenvalue weighted by Crippen LogP contribution is 2.28. The fourth-order valence-corrected chi connectivity index (χ4v) is 4.33. The molecule has 1 aliphatic carbocycles. The Balaban J connectivity index is 1.93. The van der Waals surface area contributed by atoms with Crippen LogP contribution in [0.3, 0.4) is 0 Å². The molecule has 0 aliphatic heterocycles. The molecule has 26 heavy (non-hydrogen) atoms. The molecule has 1 fully saturated rings. The number of aryl methyl sites for hydroxylation is 1. The minimum absolute atomic E-state index is 0.220. The zero-order chi connectivity index (χ0) is 18.6. The molecule has 2 aromatic rings. The van der Waals surface area contributed by atoms with Crippen LogP contribution in [0, 0.1) is 6.92 Å². The molecule has 0 heterocycles. The molecule has 4 nitrogen and oxygen atoms in total. The van der Waals surface area contributed by atoms with Crippen molar-refractivity contribution in [1.29, 1.82) is 0 Å². The van der Waals surface area contributed by atoms with Gasteiger partial charge in [0.15, 0.2) is 0 Å². The normalized spacial score (nSPS) is 14.9. The maximum absolute atomic E-state index is 13.2. The molecule has 0 N–H and O–H groups in total. The Morgan fingerprint density at radius 2 is 1.69 bits per heavy atom. The average molecular weight is 369 g/mol. The highest BCUT2D eigenvalue weighted by Gasteiger charge is 2.31. The highest BCUT2D eigenvalue weighted by molar-refractivity contribution is 7.89. The summed E-state index contributed by atoms with van der Waals surface area (Å²) in [5, 5.41) is 0. The van der Waals surface area contributed by atoms with Crippen LogP contribution in [0.25, 0.3) is 0 Å². The number of hydrogen-bond donors (Lipinski definition) is 0. The lowest BCUT2D eigenvalue weighted by molar-refractivity contribution is -0.110. The van der Waals surface area contributed by atoms with E-state index in [4.69, 9.17) is 0 Å². The minimum Gasteiger partial charge on any atom is -0.302 e. The van der Waals surface area contributed by atoms with E-state index in [2.05, 4.69) is 0 Å². The van der Waals surface area contributed by atoms with Crippen molar-refractivity contribution in [3.8, 4) is 0 Å². The molecular formula is C21H23NO3S. The number of allylic oxidation sites excluding steroid dienone is 1. The van der Waals surface area contributed by atoms with Gasteiger partial charge in [0.25, 0.3) is 0 Å². The SMILES string of the molecule is Cc1ccc(S(=O)(=O)N(CC=C2CC2)[C@H](C=O)Cc2ccccc2)cc1. The average Bonchev–Trinajstić information content (AvgIpc) is 3.46. The zero-order valence-electron chi connectivity index (χ0n) is 14.8. The van der Waals surface area contributed by atoms with Gasteiger partial charge in [0.2, 0.25) is 10.0 Å². The first-order chi connectivity index (χ1) is 12.5. The molecule has 0 bridgehead atoms. The van der Waals surface area contributed by atoms with Gasteiger partial charge in [-0.2, -0.15) is 4.31 Å². The minimum atomic E-state index is -3.76. The second-order valence-electron chi connectivity index (χ2n) is 6.64. The first-order valence-corrected chi connectivity index (χ1v) is 10.2. The molecule has 0 unspecified atom stereocenters. The summed E-state index contributed by atoms with van der Waals surface area (Å²) in [7, 11) is -3.76. The Hall–Kier alpha value is -2.24. The van der Waals surface area contributed by atoms with Crippen molar-refractivity contribution in [2.45, 2.75) is 37.1 Å². The van der Waals surface area contributed by atoms with E-state index in [1.54, 1.807) is 24.3 Å². The Kier molecular flexibility index (Phi) is 5.69. The molecule has 0 radical (unpaired) electrons. The van der Waals surface area contributed by atoms with Crippen LogP contribution in [0.4, 0.5) is 0 Å². The van der Waals surface area contributed by atoms with E-state index >= 15 is 0 Å². The fraction of sp³-hybridized carbons (Fsp3) is 0.286. The number of carbonyl (C=O) groups excluding carboxylic acids is 1. The topological polar surface area (TPSA) is 54.5 Å². The van der Waals surface area contributed by atoms with E-state index in [1.807, 2.05) is 43.3 Å². The van der Waals surface area contributed by atoms with Crippen molar-refractivity contribution in [1.82, 2.24) is 4.31 Å². The van der Waals surface area contributed by atoms with E-state index in [0.717, 1.165) is 30.3 Å². The maximum atomic E-state index is 13.2. The van der Waals surface area contributed by atoms with Crippen LogP contribution in [-0.4, -0.2) is 31.6 Å². The van der Waals surface area contributed by atoms with Gasteiger partial charge in [-0.15, -0.1) is 0 Å². The monoisotopic (exact) mass is 369 g/mol. The molecule has 5 heteroatoms. The lowest BCUT2D eigenvalue weighted by Crippen LogP contribution is -2.42. The van der Waals surface area contributed by atoms with Gasteiger partial charge in [-0.05, 0) is 43.9 Å². The number of carbonyl (C=O) groups is 1. The molecule has 0 saturated heterocycles. The van der Waals surface area contributed by atoms with Crippen molar-refractivity contribution in [2.75, 3.05) is 6.54 Å². The molecule has 1 aliphatic rings. The van der Waals surface area contributed by atoms with Crippen molar-refractivity contribution >= 4 is 16.3 Å². The zero-order valence-corrected chi connectivity index (χ0v) is 15.7. The van der Waals surface area contributed by atoms with Crippen LogP contribution in [0.5, 0.6) is 0 Å². The molecule has 0 amide bonds. The molecule has 0 aromatic heterocycles. The van der Waals surface area contributed by atoms with Gasteiger partial charge in [0.05, 0.1) is 10.9 Å². The molecule has 3 rings (SSSR count). The van der Waals surface area contributed by atoms with E-state index < -0.39 is 16.1 Å². The van der Waals surface area contributed by atoms with Gasteiger partial charge in [-0.1, -0.05) is 59.7 Å². The van der Waals surface area contributed by atoms with Crippen molar-refractivity contribution in [2.24, 2.45) is 0 Å². The number of hydrogen-bond acceptors (Lipinski definition) is 3. The summed E-state index contributed by atoms with van der Waals surface area (Å²) in [4.78, 5) is 12.0. The van der Waals surface area contributed by atoms with E-state index in [0.29, 0.717) is 6.42 Å². The standard InChI is InChI=1S/C21H23NO3S/c1-17-7-11-21(12-8-17)26(24,25)22(14-13-18-9-10-18)20(16-23)15-19-5-3-2-4-6-19/h2-8,11-13,16,20H,9-10,14-15H2,1H3/t20-/m0/s1. The van der Waals surface area contributed by atoms with Crippen LogP contribution < -0.4 is 0 Å². The van der Waals surface area contributed by atoms with Crippen molar-refractivity contribution in [3.63, 3.8) is 0 Å². The van der Waals surface area contributed by atoms with Crippen LogP contribution in [0.15, 0.2) is 71.1 Å². The van der Waals surface area contributed by atoms with Gasteiger partial charge in [-0.25, -0.2) is 8.42 Å². The van der Waals surface area contributed by atoms with E-state index in [-0.39, 0.29) is 11.4 Å². The van der Waals surface area contributed by atoms with Gasteiger partial charge >= 0.3 is 0 Å². The summed E-state index contributed by atoms with van der Waals surface area (Å²) >= 11 is 0.